The summed E-state index contributed by atoms with van der Waals surface area (Å²) in [5, 5.41) is 8.36. The van der Waals surface area contributed by atoms with E-state index in [1.165, 1.54) is 12.1 Å². The van der Waals surface area contributed by atoms with Crippen molar-refractivity contribution in [3.05, 3.63) is 100 Å². The van der Waals surface area contributed by atoms with Crippen LogP contribution >= 0.6 is 0 Å². The number of amides is 1. The molecule has 1 aromatic heterocycles. The van der Waals surface area contributed by atoms with Gasteiger partial charge < -0.3 is 23.5 Å². The van der Waals surface area contributed by atoms with Crippen LogP contribution in [0.3, 0.4) is 0 Å². The predicted octanol–water partition coefficient (Wildman–Crippen LogP) is 4.25. The highest BCUT2D eigenvalue weighted by atomic mass is 19.1. The van der Waals surface area contributed by atoms with Crippen LogP contribution in [0.4, 0.5) is 4.39 Å². The Morgan fingerprint density at radius 3 is 2.17 bits per heavy atom. The number of nitrogens with one attached hydrogen (secondary N) is 1. The average molecular weight is 543 g/mol. The van der Waals surface area contributed by atoms with E-state index < -0.39 is 0 Å². The Kier molecular flexibility index (Phi) is 7.30. The maximum absolute atomic E-state index is 14.1. The van der Waals surface area contributed by atoms with Crippen LogP contribution in [-0.2, 0) is 31.4 Å². The van der Waals surface area contributed by atoms with Gasteiger partial charge in [0, 0.05) is 44.0 Å². The number of hydrogen-bond donors (Lipinski definition) is 1. The standard InChI is InChI=1S/C31H31FN4O4/c1-19-9-22(32)5-6-26(19)27-12-21(16-35-8-7-34(2)31(35)33)13-29-28(27)14-23(37)18-36(30(29)38)17-20-10-24(39-3)15-25(11-20)40-4/h5-13,15,33H,14,16-18H2,1-4H3. The zero-order valence-corrected chi connectivity index (χ0v) is 23.0. The van der Waals surface area contributed by atoms with Crippen LogP contribution in [0.25, 0.3) is 11.1 Å². The highest BCUT2D eigenvalue weighted by Gasteiger charge is 2.30. The van der Waals surface area contributed by atoms with Crippen molar-refractivity contribution in [2.24, 2.45) is 7.05 Å². The molecule has 0 saturated carbocycles. The fourth-order valence-corrected chi connectivity index (χ4v) is 5.24. The van der Waals surface area contributed by atoms with Crippen LogP contribution < -0.4 is 15.1 Å². The molecular weight excluding hydrogens is 511 g/mol. The van der Waals surface area contributed by atoms with Crippen LogP contribution in [-0.4, -0.2) is 46.5 Å². The lowest BCUT2D eigenvalue weighted by Gasteiger charge is -2.22. The lowest BCUT2D eigenvalue weighted by Crippen LogP contribution is -2.33. The fourth-order valence-electron chi connectivity index (χ4n) is 5.24. The van der Waals surface area contributed by atoms with E-state index in [-0.39, 0.29) is 37.0 Å². The summed E-state index contributed by atoms with van der Waals surface area (Å²) < 4.78 is 28.3. The predicted molar refractivity (Wildman–Crippen MR) is 148 cm³/mol. The van der Waals surface area contributed by atoms with Crippen molar-refractivity contribution >= 4 is 11.7 Å². The number of fused-ring (bicyclic) bond motifs is 1. The molecule has 0 saturated heterocycles. The van der Waals surface area contributed by atoms with Crippen molar-refractivity contribution < 1.29 is 23.5 Å². The van der Waals surface area contributed by atoms with Gasteiger partial charge in [0.25, 0.3) is 5.91 Å². The molecule has 1 aliphatic heterocycles. The van der Waals surface area contributed by atoms with Gasteiger partial charge >= 0.3 is 0 Å². The van der Waals surface area contributed by atoms with Gasteiger partial charge in [-0.25, -0.2) is 4.39 Å². The van der Waals surface area contributed by atoms with Crippen molar-refractivity contribution in [2.75, 3.05) is 20.8 Å². The molecule has 0 radical (unpaired) electrons. The van der Waals surface area contributed by atoms with Crippen LogP contribution in [0.2, 0.25) is 0 Å². The number of hydrogen-bond acceptors (Lipinski definition) is 5. The van der Waals surface area contributed by atoms with Gasteiger partial charge in [-0.1, -0.05) is 6.07 Å². The van der Waals surface area contributed by atoms with E-state index in [0.717, 1.165) is 22.3 Å². The summed E-state index contributed by atoms with van der Waals surface area (Å²) in [6.45, 7) is 2.31. The molecular formula is C31H31FN4O4. The average Bonchev–Trinajstić information content (AvgIpc) is 3.18. The van der Waals surface area contributed by atoms with E-state index in [1.54, 1.807) is 53.6 Å². The number of halogens is 1. The second kappa shape index (κ2) is 10.8. The Labute approximate surface area is 231 Å². The van der Waals surface area contributed by atoms with Gasteiger partial charge in [-0.3, -0.25) is 15.0 Å². The second-order valence-electron chi connectivity index (χ2n) is 10.1. The van der Waals surface area contributed by atoms with Gasteiger partial charge in [-0.2, -0.15) is 0 Å². The molecule has 0 unspecified atom stereocenters. The first-order valence-corrected chi connectivity index (χ1v) is 12.9. The van der Waals surface area contributed by atoms with Crippen molar-refractivity contribution in [1.82, 2.24) is 14.0 Å². The summed E-state index contributed by atoms with van der Waals surface area (Å²) in [5.74, 6) is 0.460. The number of ketones is 1. The topological polar surface area (TPSA) is 89.5 Å². The van der Waals surface area contributed by atoms with Crippen LogP contribution in [0, 0.1) is 18.2 Å². The quantitative estimate of drug-likeness (QED) is 0.378. The van der Waals surface area contributed by atoms with Gasteiger partial charge in [-0.05, 0) is 76.7 Å². The lowest BCUT2D eigenvalue weighted by atomic mass is 9.88. The van der Waals surface area contributed by atoms with Crippen LogP contribution in [0.15, 0.2) is 60.9 Å². The Balaban J connectivity index is 1.63. The van der Waals surface area contributed by atoms with Crippen LogP contribution in [0.5, 0.6) is 11.5 Å². The molecule has 1 aliphatic rings. The van der Waals surface area contributed by atoms with E-state index in [1.807, 2.05) is 37.4 Å². The number of aromatic nitrogens is 2. The number of imidazole rings is 1. The van der Waals surface area contributed by atoms with Crippen LogP contribution in [0.1, 0.15) is 32.6 Å². The maximum Gasteiger partial charge on any atom is 0.254 e. The van der Waals surface area contributed by atoms with Gasteiger partial charge in [-0.15, -0.1) is 0 Å². The Bertz CT molecular complexity index is 1670. The molecule has 9 heteroatoms. The number of nitrogens with zero attached hydrogens (tertiary/aromatic N) is 3. The molecule has 0 bridgehead atoms. The normalized spacial score (nSPS) is 13.3. The summed E-state index contributed by atoms with van der Waals surface area (Å²) in [4.78, 5) is 28.9. The number of ether oxygens (including phenoxy) is 2. The van der Waals surface area contributed by atoms with Gasteiger partial charge in [0.05, 0.1) is 27.3 Å². The SMILES string of the molecule is COc1cc(CN2CC(=O)Cc3c(cc(Cn4ccn(C)c4=N)cc3-c3ccc(F)cc3C)C2=O)cc(OC)c1. The third-order valence-electron chi connectivity index (χ3n) is 7.26. The van der Waals surface area contributed by atoms with Crippen molar-refractivity contribution in [1.29, 1.82) is 5.41 Å². The molecule has 206 valence electrons. The number of methoxy groups -OCH3 is 2. The molecule has 40 heavy (non-hydrogen) atoms. The van der Waals surface area contributed by atoms with Gasteiger partial charge in [0.2, 0.25) is 5.62 Å². The van der Waals surface area contributed by atoms with E-state index in [2.05, 4.69) is 0 Å². The van der Waals surface area contributed by atoms with Crippen molar-refractivity contribution in [2.45, 2.75) is 26.4 Å². The van der Waals surface area contributed by atoms with E-state index in [9.17, 15) is 14.0 Å². The van der Waals surface area contributed by atoms with E-state index in [4.69, 9.17) is 14.9 Å². The third kappa shape index (κ3) is 5.27. The Morgan fingerprint density at radius 2 is 1.55 bits per heavy atom. The fraction of sp³-hybridized carbons (Fsp3) is 0.258. The zero-order chi connectivity index (χ0) is 28.6. The summed E-state index contributed by atoms with van der Waals surface area (Å²) in [5.41, 5.74) is 5.12. The summed E-state index contributed by atoms with van der Waals surface area (Å²) in [6, 6.07) is 13.7. The van der Waals surface area contributed by atoms with Crippen molar-refractivity contribution in [3.8, 4) is 22.6 Å². The molecule has 4 aromatic rings. The molecule has 3 aromatic carbocycles. The number of benzene rings is 3. The zero-order valence-electron chi connectivity index (χ0n) is 23.0. The summed E-state index contributed by atoms with van der Waals surface area (Å²) >= 11 is 0. The minimum Gasteiger partial charge on any atom is -0.497 e. The smallest absolute Gasteiger partial charge is 0.254 e. The van der Waals surface area contributed by atoms with Gasteiger partial charge in [0.15, 0.2) is 5.78 Å². The minimum absolute atomic E-state index is 0.0471. The minimum atomic E-state index is -0.353. The van der Waals surface area contributed by atoms with E-state index in [0.29, 0.717) is 40.4 Å². The molecule has 8 nitrogen and oxygen atoms in total. The first-order chi connectivity index (χ1) is 19.2. The number of rotatable bonds is 7. The lowest BCUT2D eigenvalue weighted by molar-refractivity contribution is -0.119. The number of carbonyl (C=O) groups is 2. The molecule has 1 amide bonds. The second-order valence-corrected chi connectivity index (χ2v) is 10.1. The molecule has 5 rings (SSSR count). The first kappa shape index (κ1) is 26.9. The Hall–Kier alpha value is -4.66. The largest absolute Gasteiger partial charge is 0.497 e. The summed E-state index contributed by atoms with van der Waals surface area (Å²) in [7, 11) is 4.91. The maximum atomic E-state index is 14.1. The molecule has 0 atom stereocenters. The number of carbonyl (C=O) groups excluding carboxylic acids is 2. The molecule has 0 spiro atoms. The third-order valence-corrected chi connectivity index (χ3v) is 7.26. The molecule has 0 aliphatic carbocycles. The van der Waals surface area contributed by atoms with Gasteiger partial charge in [0.1, 0.15) is 17.3 Å². The highest BCUT2D eigenvalue weighted by Crippen LogP contribution is 2.34. The number of Topliss-reactive ketones (excluding diaryl/α,β-unsaturated/α-hetero) is 1. The monoisotopic (exact) mass is 542 g/mol. The van der Waals surface area contributed by atoms with Crippen molar-refractivity contribution in [3.63, 3.8) is 0 Å². The van der Waals surface area contributed by atoms with E-state index >= 15 is 0 Å². The molecule has 0 fully saturated rings. The first-order valence-electron chi connectivity index (χ1n) is 12.9. The number of aryl methyl sites for hydroxylation is 2. The Morgan fingerprint density at radius 1 is 0.875 bits per heavy atom. The molecule has 1 N–H and O–H groups in total. The molecule has 2 heterocycles. The summed E-state index contributed by atoms with van der Waals surface area (Å²) in [6.07, 6.45) is 3.68. The highest BCUT2D eigenvalue weighted by molar-refractivity contribution is 6.04.